The van der Waals surface area contributed by atoms with E-state index in [0.717, 1.165) is 6.54 Å². The van der Waals surface area contributed by atoms with Crippen LogP contribution in [0.4, 0.5) is 0 Å². The summed E-state index contributed by atoms with van der Waals surface area (Å²) in [7, 11) is 0. The van der Waals surface area contributed by atoms with E-state index in [9.17, 15) is 0 Å². The molecule has 2 aromatic rings. The van der Waals surface area contributed by atoms with Crippen LogP contribution in [0.25, 0.3) is 10.9 Å². The highest BCUT2D eigenvalue weighted by Crippen LogP contribution is 2.13. The molecule has 0 atom stereocenters. The van der Waals surface area contributed by atoms with Crippen LogP contribution in [0.15, 0.2) is 30.5 Å². The first-order valence-electron chi connectivity index (χ1n) is 5.32. The third kappa shape index (κ3) is 1.79. The summed E-state index contributed by atoms with van der Waals surface area (Å²) >= 11 is 0. The number of hydrogen-bond acceptors (Lipinski definition) is 1. The quantitative estimate of drug-likeness (QED) is 0.673. The van der Waals surface area contributed by atoms with Crippen molar-refractivity contribution in [2.24, 2.45) is 0 Å². The topological polar surface area (TPSA) is 17.8 Å². The Morgan fingerprint density at radius 1 is 1.21 bits per heavy atom. The van der Waals surface area contributed by atoms with E-state index in [1.807, 2.05) is 6.20 Å². The van der Waals surface area contributed by atoms with Gasteiger partial charge in [0.05, 0.1) is 11.7 Å². The molecule has 74 valence electrons. The van der Waals surface area contributed by atoms with E-state index in [0.29, 0.717) is 0 Å². The zero-order valence-electron chi connectivity index (χ0n) is 8.61. The van der Waals surface area contributed by atoms with Crippen LogP contribution in [-0.2, 0) is 6.54 Å². The van der Waals surface area contributed by atoms with E-state index in [1.165, 1.54) is 30.2 Å². The molecular formula is C12H16N2. The number of fused-ring (bicyclic) bond motifs is 1. The van der Waals surface area contributed by atoms with E-state index in [4.69, 9.17) is 0 Å². The summed E-state index contributed by atoms with van der Waals surface area (Å²) in [6.45, 7) is 3.27. The standard InChI is InChI=1S/C12H16N2/c1-2-3-6-9-14-12-8-5-4-7-11(12)10-13-14/h4-5,7-8,10H,2-3,6,9H2,1H3. The third-order valence-corrected chi connectivity index (χ3v) is 2.52. The molecule has 1 aromatic carbocycles. The van der Waals surface area contributed by atoms with Gasteiger partial charge in [-0.05, 0) is 12.5 Å². The van der Waals surface area contributed by atoms with Gasteiger partial charge in [-0.1, -0.05) is 38.0 Å². The average molecular weight is 188 g/mol. The van der Waals surface area contributed by atoms with Crippen LogP contribution in [0, 0.1) is 0 Å². The number of hydrogen-bond donors (Lipinski definition) is 0. The van der Waals surface area contributed by atoms with E-state index >= 15 is 0 Å². The molecule has 2 rings (SSSR count). The van der Waals surface area contributed by atoms with Crippen molar-refractivity contribution in [3.8, 4) is 0 Å². The Morgan fingerprint density at radius 3 is 2.93 bits per heavy atom. The van der Waals surface area contributed by atoms with Gasteiger partial charge in [-0.25, -0.2) is 0 Å². The molecule has 0 aliphatic carbocycles. The summed E-state index contributed by atoms with van der Waals surface area (Å²) in [6, 6.07) is 8.37. The number of aromatic nitrogens is 2. The molecule has 0 saturated heterocycles. The van der Waals surface area contributed by atoms with Gasteiger partial charge in [0, 0.05) is 11.9 Å². The van der Waals surface area contributed by atoms with Gasteiger partial charge in [0.1, 0.15) is 0 Å². The normalized spacial score (nSPS) is 10.9. The average Bonchev–Trinajstić information content (AvgIpc) is 2.63. The Kier molecular flexibility index (Phi) is 2.82. The molecule has 2 nitrogen and oxygen atoms in total. The summed E-state index contributed by atoms with van der Waals surface area (Å²) in [4.78, 5) is 0. The summed E-state index contributed by atoms with van der Waals surface area (Å²) in [5.41, 5.74) is 1.25. The Bertz CT molecular complexity index is 403. The SMILES string of the molecule is CCCCCn1ncc2ccccc21. The van der Waals surface area contributed by atoms with Gasteiger partial charge >= 0.3 is 0 Å². The molecule has 0 N–H and O–H groups in total. The smallest absolute Gasteiger partial charge is 0.0682 e. The second-order valence-electron chi connectivity index (χ2n) is 3.63. The fraction of sp³-hybridized carbons (Fsp3) is 0.417. The highest BCUT2D eigenvalue weighted by molar-refractivity contribution is 5.78. The predicted molar refractivity (Wildman–Crippen MR) is 59.3 cm³/mol. The molecule has 0 fully saturated rings. The second-order valence-corrected chi connectivity index (χ2v) is 3.63. The van der Waals surface area contributed by atoms with Crippen molar-refractivity contribution in [2.45, 2.75) is 32.7 Å². The van der Waals surface area contributed by atoms with Crippen molar-refractivity contribution in [3.63, 3.8) is 0 Å². The van der Waals surface area contributed by atoms with Crippen LogP contribution in [0.5, 0.6) is 0 Å². The van der Waals surface area contributed by atoms with Gasteiger partial charge in [-0.3, -0.25) is 4.68 Å². The summed E-state index contributed by atoms with van der Waals surface area (Å²) in [5.74, 6) is 0. The molecule has 14 heavy (non-hydrogen) atoms. The monoisotopic (exact) mass is 188 g/mol. The highest BCUT2D eigenvalue weighted by Gasteiger charge is 1.99. The number of aryl methyl sites for hydroxylation is 1. The van der Waals surface area contributed by atoms with Crippen molar-refractivity contribution < 1.29 is 0 Å². The molecule has 1 heterocycles. The maximum Gasteiger partial charge on any atom is 0.0682 e. The van der Waals surface area contributed by atoms with Gasteiger partial charge in [0.2, 0.25) is 0 Å². The molecular weight excluding hydrogens is 172 g/mol. The van der Waals surface area contributed by atoms with Gasteiger partial charge in [-0.2, -0.15) is 5.10 Å². The largest absolute Gasteiger partial charge is 0.265 e. The molecule has 0 aliphatic rings. The lowest BCUT2D eigenvalue weighted by Gasteiger charge is -2.01. The molecule has 0 aliphatic heterocycles. The number of benzene rings is 1. The van der Waals surface area contributed by atoms with Gasteiger partial charge in [-0.15, -0.1) is 0 Å². The van der Waals surface area contributed by atoms with Gasteiger partial charge in [0.15, 0.2) is 0 Å². The van der Waals surface area contributed by atoms with Crippen LogP contribution >= 0.6 is 0 Å². The van der Waals surface area contributed by atoms with Crippen LogP contribution < -0.4 is 0 Å². The van der Waals surface area contributed by atoms with Crippen LogP contribution in [0.2, 0.25) is 0 Å². The molecule has 0 radical (unpaired) electrons. The Morgan fingerprint density at radius 2 is 2.07 bits per heavy atom. The fourth-order valence-corrected chi connectivity index (χ4v) is 1.72. The first kappa shape index (κ1) is 9.25. The summed E-state index contributed by atoms with van der Waals surface area (Å²) in [6.07, 6.45) is 5.72. The minimum absolute atomic E-state index is 1.04. The van der Waals surface area contributed by atoms with Crippen molar-refractivity contribution in [3.05, 3.63) is 30.5 Å². The molecule has 2 heteroatoms. The number of nitrogens with zero attached hydrogens (tertiary/aromatic N) is 2. The number of rotatable bonds is 4. The first-order valence-corrected chi connectivity index (χ1v) is 5.32. The third-order valence-electron chi connectivity index (χ3n) is 2.52. The van der Waals surface area contributed by atoms with Crippen molar-refractivity contribution in [1.29, 1.82) is 0 Å². The van der Waals surface area contributed by atoms with Gasteiger partial charge in [0.25, 0.3) is 0 Å². The Hall–Kier alpha value is -1.31. The minimum atomic E-state index is 1.04. The maximum atomic E-state index is 4.38. The van der Waals surface area contributed by atoms with E-state index in [-0.39, 0.29) is 0 Å². The highest BCUT2D eigenvalue weighted by atomic mass is 15.3. The van der Waals surface area contributed by atoms with Crippen LogP contribution in [0.1, 0.15) is 26.2 Å². The lowest BCUT2D eigenvalue weighted by molar-refractivity contribution is 0.567. The van der Waals surface area contributed by atoms with Crippen molar-refractivity contribution in [1.82, 2.24) is 9.78 Å². The molecule has 0 spiro atoms. The predicted octanol–water partition coefficient (Wildman–Crippen LogP) is 3.23. The number of para-hydroxylation sites is 1. The molecule has 0 unspecified atom stereocenters. The van der Waals surface area contributed by atoms with Crippen molar-refractivity contribution >= 4 is 10.9 Å². The van der Waals surface area contributed by atoms with Gasteiger partial charge < -0.3 is 0 Å². The molecule has 0 amide bonds. The summed E-state index contributed by atoms with van der Waals surface area (Å²) in [5, 5.41) is 5.62. The molecule has 0 saturated carbocycles. The summed E-state index contributed by atoms with van der Waals surface area (Å²) < 4.78 is 2.10. The first-order chi connectivity index (χ1) is 6.92. The zero-order chi connectivity index (χ0) is 9.80. The van der Waals surface area contributed by atoms with Crippen molar-refractivity contribution in [2.75, 3.05) is 0 Å². The van der Waals surface area contributed by atoms with Crippen LogP contribution in [0.3, 0.4) is 0 Å². The number of unbranched alkanes of at least 4 members (excludes halogenated alkanes) is 2. The van der Waals surface area contributed by atoms with E-state index in [2.05, 4.69) is 41.0 Å². The maximum absolute atomic E-state index is 4.38. The zero-order valence-corrected chi connectivity index (χ0v) is 8.61. The van der Waals surface area contributed by atoms with E-state index < -0.39 is 0 Å². The second kappa shape index (κ2) is 4.27. The fourth-order valence-electron chi connectivity index (χ4n) is 1.72. The van der Waals surface area contributed by atoms with Crippen LogP contribution in [-0.4, -0.2) is 9.78 Å². The lowest BCUT2D eigenvalue weighted by atomic mass is 10.2. The molecule has 1 aromatic heterocycles. The minimum Gasteiger partial charge on any atom is -0.265 e. The van der Waals surface area contributed by atoms with E-state index in [1.54, 1.807) is 0 Å². The Balaban J connectivity index is 2.17. The Labute approximate surface area is 84.5 Å². The molecule has 0 bridgehead atoms. The lowest BCUT2D eigenvalue weighted by Crippen LogP contribution is -1.99.